The van der Waals surface area contributed by atoms with E-state index in [0.29, 0.717) is 0 Å². The van der Waals surface area contributed by atoms with E-state index < -0.39 is 0 Å². The van der Waals surface area contributed by atoms with Crippen LogP contribution in [0.25, 0.3) is 10.6 Å². The lowest BCUT2D eigenvalue weighted by Gasteiger charge is -1.99. The number of thioether (sulfide) groups is 1. The van der Waals surface area contributed by atoms with Crippen molar-refractivity contribution in [3.63, 3.8) is 0 Å². The first-order valence-electron chi connectivity index (χ1n) is 5.02. The molecule has 2 aromatic heterocycles. The van der Waals surface area contributed by atoms with Gasteiger partial charge in [-0.2, -0.15) is 0 Å². The van der Waals surface area contributed by atoms with Gasteiger partial charge >= 0.3 is 0 Å². The molecule has 0 radical (unpaired) electrons. The Kier molecular flexibility index (Phi) is 5.31. The van der Waals surface area contributed by atoms with E-state index >= 15 is 0 Å². The highest BCUT2D eigenvalue weighted by Crippen LogP contribution is 2.28. The quantitative estimate of drug-likeness (QED) is 0.471. The molecule has 0 saturated carbocycles. The van der Waals surface area contributed by atoms with E-state index in [9.17, 15) is 0 Å². The molecule has 90 valence electrons. The fourth-order valence-corrected chi connectivity index (χ4v) is 2.58. The van der Waals surface area contributed by atoms with Crippen LogP contribution in [0.1, 0.15) is 10.7 Å². The Bertz CT molecular complexity index is 494. The summed E-state index contributed by atoms with van der Waals surface area (Å²) >= 11 is 3.23. The van der Waals surface area contributed by atoms with Gasteiger partial charge in [0, 0.05) is 6.20 Å². The van der Waals surface area contributed by atoms with Crippen molar-refractivity contribution in [2.45, 2.75) is 19.0 Å². The Hall–Kier alpha value is -1.20. The molecule has 17 heavy (non-hydrogen) atoms. The van der Waals surface area contributed by atoms with Gasteiger partial charge < -0.3 is 0 Å². The van der Waals surface area contributed by atoms with Crippen LogP contribution in [0.15, 0.2) is 30.6 Å². The number of hydrogen-bond acceptors (Lipinski definition) is 5. The van der Waals surface area contributed by atoms with Crippen molar-refractivity contribution in [3.8, 4) is 10.6 Å². The van der Waals surface area contributed by atoms with E-state index in [1.807, 2.05) is 26.2 Å². The molecule has 0 aliphatic carbocycles. The van der Waals surface area contributed by atoms with Gasteiger partial charge in [-0.05, 0) is 26.2 Å². The number of hydrogen-bond donors (Lipinski definition) is 0. The Morgan fingerprint density at radius 3 is 2.47 bits per heavy atom. The molecule has 0 aliphatic heterocycles. The molecule has 0 bridgehead atoms. The lowest BCUT2D eigenvalue weighted by molar-refractivity contribution is 0.976. The predicted molar refractivity (Wildman–Crippen MR) is 75.6 cm³/mol. The van der Waals surface area contributed by atoms with Crippen LogP contribution in [-0.4, -0.2) is 21.2 Å². The fraction of sp³-hybridized carbons (Fsp3) is 0.250. The highest BCUT2D eigenvalue weighted by molar-refractivity contribution is 7.98. The summed E-state index contributed by atoms with van der Waals surface area (Å²) in [4.78, 5) is 14.2. The Balaban J connectivity index is 0.000000686. The van der Waals surface area contributed by atoms with E-state index in [0.717, 1.165) is 26.4 Å². The molecule has 0 amide bonds. The third-order valence-electron chi connectivity index (χ3n) is 1.95. The van der Waals surface area contributed by atoms with Gasteiger partial charge in [0.1, 0.15) is 0 Å². The van der Waals surface area contributed by atoms with Gasteiger partial charge in [-0.3, -0.25) is 0 Å². The van der Waals surface area contributed by atoms with Crippen LogP contribution in [-0.2, 0) is 0 Å². The molecule has 0 saturated heterocycles. The number of thiazole rings is 1. The maximum Gasteiger partial charge on any atom is 0.187 e. The van der Waals surface area contributed by atoms with E-state index in [2.05, 4.69) is 28.1 Å². The van der Waals surface area contributed by atoms with Crippen molar-refractivity contribution < 1.29 is 0 Å². The molecule has 0 aliphatic rings. The lowest BCUT2D eigenvalue weighted by atomic mass is 10.3. The van der Waals surface area contributed by atoms with E-state index in [1.54, 1.807) is 29.3 Å². The van der Waals surface area contributed by atoms with Crippen LogP contribution < -0.4 is 0 Å². The summed E-state index contributed by atoms with van der Waals surface area (Å²) in [5.41, 5.74) is 2.01. The molecule has 2 aromatic rings. The van der Waals surface area contributed by atoms with Gasteiger partial charge in [0.2, 0.25) is 0 Å². The van der Waals surface area contributed by atoms with Crippen LogP contribution in [0.3, 0.4) is 0 Å². The van der Waals surface area contributed by atoms with E-state index in [1.165, 1.54) is 0 Å². The maximum atomic E-state index is 4.46. The van der Waals surface area contributed by atoms with Crippen LogP contribution in [0.2, 0.25) is 0 Å². The highest BCUT2D eigenvalue weighted by atomic mass is 32.2. The number of rotatable bonds is 2. The van der Waals surface area contributed by atoms with Crippen LogP contribution in [0.4, 0.5) is 0 Å². The predicted octanol–water partition coefficient (Wildman–Crippen LogP) is 3.74. The monoisotopic (exact) mass is 265 g/mol. The number of aryl methyl sites for hydroxylation is 2. The van der Waals surface area contributed by atoms with Crippen LogP contribution in [0.5, 0.6) is 0 Å². The third-order valence-corrected chi connectivity index (χ3v) is 3.61. The van der Waals surface area contributed by atoms with Gasteiger partial charge in [-0.1, -0.05) is 11.8 Å². The van der Waals surface area contributed by atoms with Crippen molar-refractivity contribution in [2.24, 2.45) is 0 Å². The fourth-order valence-electron chi connectivity index (χ4n) is 1.33. The van der Waals surface area contributed by atoms with Crippen molar-refractivity contribution in [1.82, 2.24) is 15.0 Å². The van der Waals surface area contributed by atoms with Crippen molar-refractivity contribution in [3.05, 3.63) is 36.1 Å². The van der Waals surface area contributed by atoms with Crippen LogP contribution >= 0.6 is 23.1 Å². The molecule has 2 heterocycles. The van der Waals surface area contributed by atoms with Gasteiger partial charge in [0.25, 0.3) is 0 Å². The van der Waals surface area contributed by atoms with Gasteiger partial charge in [-0.15, -0.1) is 24.5 Å². The molecule has 0 N–H and O–H groups in total. The van der Waals surface area contributed by atoms with Crippen molar-refractivity contribution >= 4 is 23.1 Å². The second kappa shape index (κ2) is 6.51. The normalized spacial score (nSPS) is 9.59. The molecular weight excluding hydrogens is 250 g/mol. The summed E-state index contributed by atoms with van der Waals surface area (Å²) in [6.07, 6.45) is 3.77. The molecule has 0 spiro atoms. The lowest BCUT2D eigenvalue weighted by Crippen LogP contribution is -1.88. The van der Waals surface area contributed by atoms with Crippen molar-refractivity contribution in [2.75, 3.05) is 6.26 Å². The Morgan fingerprint density at radius 2 is 1.94 bits per heavy atom. The Labute approximate surface area is 110 Å². The topological polar surface area (TPSA) is 38.7 Å². The second-order valence-corrected chi connectivity index (χ2v) is 5.05. The van der Waals surface area contributed by atoms with Gasteiger partial charge in [-0.25, -0.2) is 15.0 Å². The average Bonchev–Trinajstić information content (AvgIpc) is 2.71. The first-order valence-corrected chi connectivity index (χ1v) is 7.06. The first kappa shape index (κ1) is 13.9. The minimum Gasteiger partial charge on any atom is -0.246 e. The molecule has 0 atom stereocenters. The second-order valence-electron chi connectivity index (χ2n) is 3.08. The van der Waals surface area contributed by atoms with E-state index in [-0.39, 0.29) is 0 Å². The first-order chi connectivity index (χ1) is 8.20. The maximum absolute atomic E-state index is 4.46. The molecule has 0 aromatic carbocycles. The average molecular weight is 265 g/mol. The standard InChI is InChI=1S/C10H11N3S2.C2H4/c1-6-9(15-7(2)12-6)8-4-5-11-10(13-8)14-3;1-2/h4-5H,1-3H3;1-2H2. The zero-order valence-corrected chi connectivity index (χ0v) is 11.9. The summed E-state index contributed by atoms with van der Waals surface area (Å²) in [5.74, 6) is 0. The summed E-state index contributed by atoms with van der Waals surface area (Å²) in [6.45, 7) is 10.0. The van der Waals surface area contributed by atoms with E-state index in [4.69, 9.17) is 0 Å². The molecule has 0 unspecified atom stereocenters. The largest absolute Gasteiger partial charge is 0.246 e. The third kappa shape index (κ3) is 3.38. The van der Waals surface area contributed by atoms with Crippen LogP contribution in [0, 0.1) is 13.8 Å². The summed E-state index contributed by atoms with van der Waals surface area (Å²) in [5, 5.41) is 1.88. The summed E-state index contributed by atoms with van der Waals surface area (Å²) in [7, 11) is 0. The Morgan fingerprint density at radius 1 is 1.24 bits per heavy atom. The smallest absolute Gasteiger partial charge is 0.187 e. The summed E-state index contributed by atoms with van der Waals surface area (Å²) < 4.78 is 0. The molecule has 5 heteroatoms. The minimum atomic E-state index is 0.804. The molecule has 0 fully saturated rings. The zero-order valence-electron chi connectivity index (χ0n) is 10.2. The van der Waals surface area contributed by atoms with Gasteiger partial charge in [0.15, 0.2) is 5.16 Å². The van der Waals surface area contributed by atoms with Gasteiger partial charge in [0.05, 0.1) is 21.3 Å². The summed E-state index contributed by atoms with van der Waals surface area (Å²) in [6, 6.07) is 1.93. The van der Waals surface area contributed by atoms with Crippen molar-refractivity contribution in [1.29, 1.82) is 0 Å². The zero-order chi connectivity index (χ0) is 12.8. The number of nitrogens with zero attached hydrogens (tertiary/aromatic N) is 3. The molecule has 2 rings (SSSR count). The molecule has 3 nitrogen and oxygen atoms in total. The molecular formula is C12H15N3S2. The highest BCUT2D eigenvalue weighted by Gasteiger charge is 2.09. The minimum absolute atomic E-state index is 0.804. The number of aromatic nitrogens is 3. The SMILES string of the molecule is C=C.CSc1nccc(-c2sc(C)nc2C)n1.